The number of Topliss-reactive ketones (excluding diaryl/α,β-unsaturated/α-hetero) is 1. The Bertz CT molecular complexity index is 1260. The van der Waals surface area contributed by atoms with E-state index in [1.807, 2.05) is 51.1 Å². The van der Waals surface area contributed by atoms with Crippen LogP contribution in [0.1, 0.15) is 64.6 Å². The number of carbonyl (C=O) groups excluding carboxylic acids is 3. The molecule has 0 heterocycles. The second kappa shape index (κ2) is 8.66. The highest BCUT2D eigenvalue weighted by atomic mass is 16.1. The van der Waals surface area contributed by atoms with E-state index in [1.165, 1.54) is 0 Å². The van der Waals surface area contributed by atoms with Crippen molar-refractivity contribution in [3.63, 3.8) is 0 Å². The van der Waals surface area contributed by atoms with Crippen LogP contribution in [0.2, 0.25) is 0 Å². The third-order valence-electron chi connectivity index (χ3n) is 6.58. The molecule has 0 saturated carbocycles. The van der Waals surface area contributed by atoms with E-state index in [0.29, 0.717) is 40.0 Å². The molecule has 1 aliphatic rings. The van der Waals surface area contributed by atoms with E-state index in [4.69, 9.17) is 0 Å². The molecule has 4 rings (SSSR count). The molecule has 1 aliphatic carbocycles. The van der Waals surface area contributed by atoms with E-state index in [1.54, 1.807) is 37.4 Å². The van der Waals surface area contributed by atoms with Crippen LogP contribution in [0.15, 0.2) is 60.7 Å². The highest BCUT2D eigenvalue weighted by Crippen LogP contribution is 2.37. The maximum absolute atomic E-state index is 13.4. The summed E-state index contributed by atoms with van der Waals surface area (Å²) in [6.07, 6.45) is 1.19. The van der Waals surface area contributed by atoms with Crippen LogP contribution >= 0.6 is 0 Å². The van der Waals surface area contributed by atoms with E-state index < -0.39 is 0 Å². The van der Waals surface area contributed by atoms with E-state index in [0.717, 1.165) is 17.7 Å². The number of nitrogens with one attached hydrogen (secondary N) is 2. The summed E-state index contributed by atoms with van der Waals surface area (Å²) < 4.78 is 0. The fourth-order valence-corrected chi connectivity index (χ4v) is 4.02. The number of anilines is 3. The smallest absolute Gasteiger partial charge is 0.196 e. The van der Waals surface area contributed by atoms with Crippen molar-refractivity contribution in [1.29, 1.82) is 0 Å². The normalized spacial score (nSPS) is 12.7. The van der Waals surface area contributed by atoms with E-state index >= 15 is 0 Å². The fraction of sp³-hybridized carbons (Fsp3) is 0.250. The molecule has 3 aromatic rings. The summed E-state index contributed by atoms with van der Waals surface area (Å²) in [7, 11) is 1.74. The molecule has 3 aromatic carbocycles. The highest BCUT2D eigenvalue weighted by molar-refractivity contribution is 6.32. The van der Waals surface area contributed by atoms with Crippen molar-refractivity contribution in [3.8, 4) is 0 Å². The molecular formula is C28H28N2O3. The molecule has 0 radical (unpaired) electrons. The van der Waals surface area contributed by atoms with Gasteiger partial charge in [0.15, 0.2) is 11.6 Å². The van der Waals surface area contributed by atoms with Crippen LogP contribution in [0, 0.1) is 5.41 Å². The van der Waals surface area contributed by atoms with Crippen LogP contribution in [0.3, 0.4) is 0 Å². The second-order valence-corrected chi connectivity index (χ2v) is 9.02. The van der Waals surface area contributed by atoms with Gasteiger partial charge in [-0.1, -0.05) is 57.2 Å². The van der Waals surface area contributed by atoms with Crippen molar-refractivity contribution in [2.45, 2.75) is 33.6 Å². The summed E-state index contributed by atoms with van der Waals surface area (Å²) in [6.45, 7) is 5.97. The molecule has 0 fully saturated rings. The van der Waals surface area contributed by atoms with Crippen LogP contribution in [-0.4, -0.2) is 24.4 Å². The molecule has 5 nitrogen and oxygen atoms in total. The Morgan fingerprint density at radius 1 is 0.818 bits per heavy atom. The van der Waals surface area contributed by atoms with Crippen molar-refractivity contribution >= 4 is 34.4 Å². The van der Waals surface area contributed by atoms with Crippen LogP contribution in [0.5, 0.6) is 0 Å². The van der Waals surface area contributed by atoms with Gasteiger partial charge >= 0.3 is 0 Å². The standard InChI is InChI=1S/C28H28N2O3/c1-5-28(2,3)23(31)16-17-10-12-18(13-11-17)30-22-15-14-21(29-4)24-25(22)27(33)20-9-7-6-8-19(20)26(24)32/h6-15,29-30H,5,16H2,1-4H3. The zero-order valence-electron chi connectivity index (χ0n) is 19.4. The monoisotopic (exact) mass is 440 g/mol. The molecule has 0 atom stereocenters. The number of fused-ring (bicyclic) bond motifs is 2. The van der Waals surface area contributed by atoms with Crippen molar-refractivity contribution < 1.29 is 14.4 Å². The third-order valence-corrected chi connectivity index (χ3v) is 6.58. The highest BCUT2D eigenvalue weighted by Gasteiger charge is 2.33. The Kier molecular flexibility index (Phi) is 5.90. The Morgan fingerprint density at radius 3 is 1.91 bits per heavy atom. The minimum absolute atomic E-state index is 0.166. The van der Waals surface area contributed by atoms with Gasteiger partial charge in [0.05, 0.1) is 16.8 Å². The molecule has 0 spiro atoms. The second-order valence-electron chi connectivity index (χ2n) is 9.02. The summed E-state index contributed by atoms with van der Waals surface area (Å²) in [6, 6.07) is 18.2. The number of carbonyl (C=O) groups is 3. The van der Waals surface area contributed by atoms with Gasteiger partial charge in [0.25, 0.3) is 0 Å². The van der Waals surface area contributed by atoms with E-state index in [-0.39, 0.29) is 22.8 Å². The van der Waals surface area contributed by atoms with Gasteiger partial charge in [-0.15, -0.1) is 0 Å². The number of rotatable bonds is 7. The van der Waals surface area contributed by atoms with Gasteiger partial charge in [0.2, 0.25) is 0 Å². The van der Waals surface area contributed by atoms with Gasteiger partial charge < -0.3 is 10.6 Å². The maximum Gasteiger partial charge on any atom is 0.196 e. The molecule has 0 unspecified atom stereocenters. The first-order valence-corrected chi connectivity index (χ1v) is 11.2. The lowest BCUT2D eigenvalue weighted by molar-refractivity contribution is -0.126. The van der Waals surface area contributed by atoms with Gasteiger partial charge in [-0.2, -0.15) is 0 Å². The predicted octanol–water partition coefficient (Wildman–Crippen LogP) is 5.80. The number of benzene rings is 3. The first-order chi connectivity index (χ1) is 15.8. The van der Waals surface area contributed by atoms with Crippen molar-refractivity contribution in [3.05, 3.63) is 88.5 Å². The predicted molar refractivity (Wildman–Crippen MR) is 132 cm³/mol. The molecule has 168 valence electrons. The largest absolute Gasteiger partial charge is 0.388 e. The Hall–Kier alpha value is -3.73. The third kappa shape index (κ3) is 4.07. The lowest BCUT2D eigenvalue weighted by Crippen LogP contribution is -2.25. The minimum Gasteiger partial charge on any atom is -0.388 e. The van der Waals surface area contributed by atoms with Gasteiger partial charge in [-0.3, -0.25) is 14.4 Å². The first kappa shape index (κ1) is 22.5. The van der Waals surface area contributed by atoms with Gasteiger partial charge in [0, 0.05) is 41.4 Å². The van der Waals surface area contributed by atoms with Crippen LogP contribution in [0.25, 0.3) is 0 Å². The summed E-state index contributed by atoms with van der Waals surface area (Å²) in [5.74, 6) is -0.130. The molecule has 0 aromatic heterocycles. The topological polar surface area (TPSA) is 75.3 Å². The van der Waals surface area contributed by atoms with Crippen molar-refractivity contribution in [2.24, 2.45) is 5.41 Å². The number of ketones is 3. The molecule has 2 N–H and O–H groups in total. The number of hydrogen-bond acceptors (Lipinski definition) is 5. The molecule has 0 saturated heterocycles. The molecule has 0 aliphatic heterocycles. The quantitative estimate of drug-likeness (QED) is 0.380. The average molecular weight is 441 g/mol. The summed E-state index contributed by atoms with van der Waals surface area (Å²) >= 11 is 0. The van der Waals surface area contributed by atoms with Gasteiger partial charge in [-0.25, -0.2) is 0 Å². The SMILES string of the molecule is CCC(C)(C)C(=O)Cc1ccc(Nc2ccc(NC)c3c2C(=O)c2ccccc2C3=O)cc1. The lowest BCUT2D eigenvalue weighted by Gasteiger charge is -2.23. The maximum atomic E-state index is 13.4. The zero-order chi connectivity index (χ0) is 23.8. The zero-order valence-corrected chi connectivity index (χ0v) is 19.4. The fourth-order valence-electron chi connectivity index (χ4n) is 4.02. The first-order valence-electron chi connectivity index (χ1n) is 11.2. The van der Waals surface area contributed by atoms with Crippen LogP contribution in [-0.2, 0) is 11.2 Å². The summed E-state index contributed by atoms with van der Waals surface area (Å²) in [5, 5.41) is 6.34. The van der Waals surface area contributed by atoms with Gasteiger partial charge in [0.1, 0.15) is 5.78 Å². The molecule has 0 amide bonds. The Morgan fingerprint density at radius 2 is 1.36 bits per heavy atom. The van der Waals surface area contributed by atoms with Crippen molar-refractivity contribution in [2.75, 3.05) is 17.7 Å². The van der Waals surface area contributed by atoms with Gasteiger partial charge in [-0.05, 0) is 36.2 Å². The van der Waals surface area contributed by atoms with Crippen molar-refractivity contribution in [1.82, 2.24) is 0 Å². The molecule has 0 bridgehead atoms. The minimum atomic E-state index is -0.339. The molecule has 5 heteroatoms. The van der Waals surface area contributed by atoms with E-state index in [9.17, 15) is 14.4 Å². The lowest BCUT2D eigenvalue weighted by atomic mass is 9.82. The molecular weight excluding hydrogens is 412 g/mol. The van der Waals surface area contributed by atoms with Crippen LogP contribution < -0.4 is 10.6 Å². The summed E-state index contributed by atoms with van der Waals surface area (Å²) in [5.41, 5.74) is 4.17. The Labute approximate surface area is 194 Å². The van der Waals surface area contributed by atoms with E-state index in [2.05, 4.69) is 10.6 Å². The number of hydrogen-bond donors (Lipinski definition) is 2. The summed E-state index contributed by atoms with van der Waals surface area (Å²) in [4.78, 5) is 39.2. The Balaban J connectivity index is 1.66. The average Bonchev–Trinajstić information content (AvgIpc) is 2.83. The van der Waals surface area contributed by atoms with Crippen LogP contribution in [0.4, 0.5) is 17.1 Å². The molecule has 33 heavy (non-hydrogen) atoms.